The Balaban J connectivity index is 1.79. The number of benzene rings is 1. The molecular weight excluding hydrogens is 686 g/mol. The summed E-state index contributed by atoms with van der Waals surface area (Å²) in [5, 5.41) is 20.2. The van der Waals surface area contributed by atoms with Crippen molar-refractivity contribution in [3.8, 4) is 5.75 Å². The highest BCUT2D eigenvalue weighted by atomic mass is 32.2. The molecule has 6 atom stereocenters. The molecule has 288 valence electrons. The van der Waals surface area contributed by atoms with Gasteiger partial charge in [-0.3, -0.25) is 14.4 Å². The summed E-state index contributed by atoms with van der Waals surface area (Å²) >= 11 is 0. The van der Waals surface area contributed by atoms with Crippen LogP contribution < -0.4 is 21.3 Å². The lowest BCUT2D eigenvalue weighted by Gasteiger charge is -2.39. The summed E-state index contributed by atoms with van der Waals surface area (Å²) in [6.45, 7) is 15.0. The zero-order valence-electron chi connectivity index (χ0n) is 31.3. The number of hydrogen-bond acceptors (Lipinski definition) is 7. The fourth-order valence-electron chi connectivity index (χ4n) is 6.67. The molecule has 2 aliphatic rings. The number of amides is 5. The summed E-state index contributed by atoms with van der Waals surface area (Å²) in [6, 6.07) is 1.25. The Morgan fingerprint density at radius 2 is 1.59 bits per heavy atom. The van der Waals surface area contributed by atoms with Gasteiger partial charge in [-0.1, -0.05) is 67.5 Å². The first-order valence-corrected chi connectivity index (χ1v) is 19.0. The van der Waals surface area contributed by atoms with Gasteiger partial charge in [0.25, 0.3) is 0 Å². The van der Waals surface area contributed by atoms with Crippen molar-refractivity contribution in [3.05, 3.63) is 29.8 Å². The normalized spacial score (nSPS) is 21.8. The van der Waals surface area contributed by atoms with Gasteiger partial charge in [0, 0.05) is 39.1 Å². The first-order chi connectivity index (χ1) is 23.2. The monoisotopic (exact) mass is 742 g/mol. The van der Waals surface area contributed by atoms with Gasteiger partial charge in [-0.2, -0.15) is 0 Å². The van der Waals surface area contributed by atoms with Crippen LogP contribution in [0.2, 0.25) is 0 Å². The molecule has 1 aliphatic carbocycles. The predicted molar refractivity (Wildman–Crippen MR) is 189 cm³/mol. The highest BCUT2D eigenvalue weighted by molar-refractivity contribution is 7.88. The van der Waals surface area contributed by atoms with Gasteiger partial charge in [-0.15, -0.1) is 0 Å². The number of piperidine rings is 1. The summed E-state index contributed by atoms with van der Waals surface area (Å²) in [5.41, 5.74) is -0.921. The Kier molecular flexibility index (Phi) is 12.8. The van der Waals surface area contributed by atoms with Crippen molar-refractivity contribution in [2.24, 2.45) is 28.1 Å². The van der Waals surface area contributed by atoms with Crippen molar-refractivity contribution < 1.29 is 41.5 Å². The molecule has 1 saturated heterocycles. The number of hydrogen-bond donors (Lipinski definition) is 5. The number of sulfonamides is 1. The van der Waals surface area contributed by atoms with E-state index in [1.54, 1.807) is 32.9 Å². The van der Waals surface area contributed by atoms with Crippen molar-refractivity contribution in [2.75, 3.05) is 32.9 Å². The number of phenolic OH excluding ortho intramolecular Hbond substituents is 1. The summed E-state index contributed by atoms with van der Waals surface area (Å²) in [4.78, 5) is 56.2. The number of rotatable bonds is 14. The molecule has 1 aromatic carbocycles. The molecule has 0 bridgehead atoms. The van der Waals surface area contributed by atoms with Gasteiger partial charge >= 0.3 is 6.03 Å². The van der Waals surface area contributed by atoms with E-state index in [9.17, 15) is 41.5 Å². The van der Waals surface area contributed by atoms with Crippen molar-refractivity contribution >= 4 is 33.8 Å². The Morgan fingerprint density at radius 3 is 2.10 bits per heavy atom. The minimum atomic E-state index is -3.54. The summed E-state index contributed by atoms with van der Waals surface area (Å²) in [7, 11) is -2.13. The third-order valence-corrected chi connectivity index (χ3v) is 11.5. The summed E-state index contributed by atoms with van der Waals surface area (Å²) in [5.74, 6) is -2.32. The van der Waals surface area contributed by atoms with Crippen molar-refractivity contribution in [1.82, 2.24) is 30.5 Å². The van der Waals surface area contributed by atoms with E-state index in [0.717, 1.165) is 16.1 Å². The molecule has 16 heteroatoms. The van der Waals surface area contributed by atoms with Crippen molar-refractivity contribution in [3.63, 3.8) is 0 Å². The van der Waals surface area contributed by atoms with Gasteiger partial charge in [-0.25, -0.2) is 26.3 Å². The predicted octanol–water partition coefficient (Wildman–Crippen LogP) is 2.69. The maximum atomic E-state index is 14.3. The fraction of sp³-hybridized carbons (Fsp3) is 0.714. The van der Waals surface area contributed by atoms with Gasteiger partial charge in [-0.05, 0) is 52.2 Å². The number of urea groups is 1. The maximum absolute atomic E-state index is 14.3. The number of likely N-dealkylation sites (tertiary alicyclic amines) is 1. The molecule has 51 heavy (non-hydrogen) atoms. The molecule has 0 unspecified atom stereocenters. The molecule has 0 spiro atoms. The minimum absolute atomic E-state index is 0.0130. The number of fused-ring (bicyclic) bond motifs is 1. The number of phenols is 1. The smallest absolute Gasteiger partial charge is 0.315 e. The topological polar surface area (TPSA) is 177 Å². The van der Waals surface area contributed by atoms with Crippen LogP contribution in [0.5, 0.6) is 5.75 Å². The first-order valence-electron chi connectivity index (χ1n) is 17.2. The van der Waals surface area contributed by atoms with E-state index in [-0.39, 0.29) is 42.6 Å². The molecule has 3 rings (SSSR count). The van der Waals surface area contributed by atoms with E-state index in [1.807, 2.05) is 34.6 Å². The van der Waals surface area contributed by atoms with Gasteiger partial charge < -0.3 is 31.3 Å². The summed E-state index contributed by atoms with van der Waals surface area (Å²) in [6.07, 6.45) is -2.39. The zero-order chi connectivity index (χ0) is 38.9. The van der Waals surface area contributed by atoms with Gasteiger partial charge in [0.1, 0.15) is 23.9 Å². The number of carbonyl (C=O) groups excluding carboxylic acids is 4. The molecule has 13 nitrogen and oxygen atoms in total. The largest absolute Gasteiger partial charge is 0.508 e. The van der Waals surface area contributed by atoms with Crippen LogP contribution in [0.1, 0.15) is 67.4 Å². The molecule has 1 saturated carbocycles. The lowest BCUT2D eigenvalue weighted by Crippen LogP contribution is -2.62. The third-order valence-electron chi connectivity index (χ3n) is 10.2. The average molecular weight is 743 g/mol. The van der Waals surface area contributed by atoms with E-state index in [0.29, 0.717) is 6.42 Å². The molecule has 5 amide bonds. The minimum Gasteiger partial charge on any atom is -0.508 e. The Bertz CT molecular complexity index is 1540. The van der Waals surface area contributed by atoms with Crippen molar-refractivity contribution in [1.29, 1.82) is 0 Å². The molecular formula is C35H56F2N6O7S. The van der Waals surface area contributed by atoms with Gasteiger partial charge in [0.15, 0.2) is 0 Å². The van der Waals surface area contributed by atoms with E-state index in [4.69, 9.17) is 0 Å². The first kappa shape index (κ1) is 41.9. The number of halogens is 2. The molecule has 1 aliphatic heterocycles. The Hall–Kier alpha value is -3.53. The Labute approximate surface area is 300 Å². The fourth-order valence-corrected chi connectivity index (χ4v) is 7.09. The molecule has 2 fully saturated rings. The van der Waals surface area contributed by atoms with E-state index in [1.165, 1.54) is 24.1 Å². The van der Waals surface area contributed by atoms with Gasteiger partial charge in [0.2, 0.25) is 34.2 Å². The zero-order valence-corrected chi connectivity index (χ0v) is 32.2. The summed E-state index contributed by atoms with van der Waals surface area (Å²) < 4.78 is 52.7. The molecule has 5 N–H and O–H groups in total. The van der Waals surface area contributed by atoms with E-state index >= 15 is 0 Å². The second kappa shape index (κ2) is 15.6. The number of likely N-dealkylation sites (N-methyl/N-ethyl adjacent to an activating group) is 1. The van der Waals surface area contributed by atoms with Crippen molar-refractivity contribution in [2.45, 2.75) is 98.8 Å². The lowest BCUT2D eigenvalue weighted by atomic mass is 9.85. The van der Waals surface area contributed by atoms with Crippen LogP contribution in [0.25, 0.3) is 0 Å². The number of nitrogens with one attached hydrogen (secondary N) is 4. The van der Waals surface area contributed by atoms with E-state index in [2.05, 4.69) is 21.3 Å². The molecule has 1 aromatic rings. The highest BCUT2D eigenvalue weighted by Gasteiger charge is 2.70. The number of aromatic hydroxyl groups is 1. The molecule has 1 heterocycles. The highest BCUT2D eigenvalue weighted by Crippen LogP contribution is 2.65. The van der Waals surface area contributed by atoms with Crippen LogP contribution in [0.3, 0.4) is 0 Å². The standard InChI is InChI=1S/C35H56F2N6O7S/c1-33(2,3)24(19-42(9)51(10,49)50)40-32(48)41-28(34(4,5)6)31(47)43-18-22-26(35(22,7)8)27(43)30(46)39-23(17-25(36)37)29(45)38-16-15-20-11-13-21(44)14-12-20/h11-14,22-28,44H,15-19H2,1-10H3,(H,38,45)(H,39,46)(H2,40,41,48)/t22-,23-,24+,26-,27-,28+/m0/s1. The molecule has 0 radical (unpaired) electrons. The second-order valence-electron chi connectivity index (χ2n) is 16.7. The average Bonchev–Trinajstić information content (AvgIpc) is 3.30. The number of alkyl halides is 2. The van der Waals surface area contributed by atoms with Crippen LogP contribution in [-0.4, -0.2) is 110 Å². The van der Waals surface area contributed by atoms with Crippen LogP contribution in [0.4, 0.5) is 13.6 Å². The second-order valence-corrected chi connectivity index (χ2v) is 18.8. The van der Waals surface area contributed by atoms with Gasteiger partial charge in [0.05, 0.1) is 6.26 Å². The van der Waals surface area contributed by atoms with Crippen LogP contribution in [0, 0.1) is 28.1 Å². The molecule has 0 aromatic heterocycles. The van der Waals surface area contributed by atoms with Crippen LogP contribution in [-0.2, 0) is 30.8 Å². The van der Waals surface area contributed by atoms with Crippen LogP contribution >= 0.6 is 0 Å². The SMILES string of the molecule is CN(C[C@@H](NC(=O)N[C@H](C(=O)N1C[C@H]2[C@@H]([C@H]1C(=O)N[C@@H](CC(F)F)C(=O)NCCc1ccc(O)cc1)C2(C)C)C(C)(C)C)C(C)(C)C)S(C)(=O)=O. The Morgan fingerprint density at radius 1 is 1.00 bits per heavy atom. The van der Waals surface area contributed by atoms with E-state index < -0.39 is 81.6 Å². The maximum Gasteiger partial charge on any atom is 0.315 e. The number of carbonyl (C=O) groups is 4. The third kappa shape index (κ3) is 10.7. The quantitative estimate of drug-likeness (QED) is 0.195. The number of nitrogens with zero attached hydrogens (tertiary/aromatic N) is 2. The van der Waals surface area contributed by atoms with Crippen LogP contribution in [0.15, 0.2) is 24.3 Å². The lowest BCUT2D eigenvalue weighted by molar-refractivity contribution is -0.144.